The molecule has 112 valence electrons. The van der Waals surface area contributed by atoms with Crippen LogP contribution in [0.2, 0.25) is 0 Å². The van der Waals surface area contributed by atoms with Gasteiger partial charge in [-0.05, 0) is 48.2 Å². The first kappa shape index (κ1) is 15.6. The molecule has 0 saturated carbocycles. The van der Waals surface area contributed by atoms with E-state index >= 15 is 0 Å². The standard InChI is InChI=1S/C18H21F2N/c1-3-8-21-18(14-7-5-6-13(4-2)9-14)15-10-16(19)12-17(20)11-15/h5-7,9-12,18,21H,3-4,8H2,1-2H3. The molecule has 0 fully saturated rings. The summed E-state index contributed by atoms with van der Waals surface area (Å²) < 4.78 is 27.0. The van der Waals surface area contributed by atoms with Crippen molar-refractivity contribution in [3.05, 3.63) is 70.8 Å². The van der Waals surface area contributed by atoms with E-state index in [2.05, 4.69) is 31.3 Å². The van der Waals surface area contributed by atoms with Crippen molar-refractivity contribution in [2.45, 2.75) is 32.7 Å². The highest BCUT2D eigenvalue weighted by atomic mass is 19.1. The van der Waals surface area contributed by atoms with E-state index in [-0.39, 0.29) is 6.04 Å². The molecule has 21 heavy (non-hydrogen) atoms. The molecule has 0 saturated heterocycles. The molecule has 3 heteroatoms. The lowest BCUT2D eigenvalue weighted by atomic mass is 9.96. The van der Waals surface area contributed by atoms with Crippen molar-refractivity contribution in [3.63, 3.8) is 0 Å². The minimum Gasteiger partial charge on any atom is -0.306 e. The van der Waals surface area contributed by atoms with E-state index in [0.29, 0.717) is 5.56 Å². The number of aryl methyl sites for hydroxylation is 1. The van der Waals surface area contributed by atoms with E-state index in [0.717, 1.165) is 31.0 Å². The van der Waals surface area contributed by atoms with Gasteiger partial charge in [-0.25, -0.2) is 8.78 Å². The second kappa shape index (κ2) is 7.32. The molecule has 0 aromatic heterocycles. The molecular weight excluding hydrogens is 268 g/mol. The molecule has 2 aromatic carbocycles. The van der Waals surface area contributed by atoms with Gasteiger partial charge in [0.1, 0.15) is 11.6 Å². The van der Waals surface area contributed by atoms with E-state index in [1.807, 2.05) is 12.1 Å². The Hall–Kier alpha value is -1.74. The average molecular weight is 289 g/mol. The Morgan fingerprint density at radius 1 is 0.952 bits per heavy atom. The van der Waals surface area contributed by atoms with Crippen LogP contribution in [0, 0.1) is 11.6 Å². The highest BCUT2D eigenvalue weighted by Crippen LogP contribution is 2.24. The van der Waals surface area contributed by atoms with Crippen LogP contribution in [0.25, 0.3) is 0 Å². The Morgan fingerprint density at radius 2 is 1.67 bits per heavy atom. The van der Waals surface area contributed by atoms with Gasteiger partial charge in [0, 0.05) is 6.07 Å². The monoisotopic (exact) mass is 289 g/mol. The van der Waals surface area contributed by atoms with Crippen LogP contribution < -0.4 is 5.32 Å². The summed E-state index contributed by atoms with van der Waals surface area (Å²) in [6.07, 6.45) is 1.90. The Kier molecular flexibility index (Phi) is 5.45. The highest BCUT2D eigenvalue weighted by Gasteiger charge is 2.15. The van der Waals surface area contributed by atoms with Gasteiger partial charge in [-0.2, -0.15) is 0 Å². The number of halogens is 2. The van der Waals surface area contributed by atoms with Crippen LogP contribution in [0.4, 0.5) is 8.78 Å². The minimum absolute atomic E-state index is 0.193. The van der Waals surface area contributed by atoms with Crippen LogP contribution in [-0.4, -0.2) is 6.54 Å². The zero-order valence-electron chi connectivity index (χ0n) is 12.5. The molecule has 1 unspecified atom stereocenters. The largest absolute Gasteiger partial charge is 0.306 e. The molecule has 1 nitrogen and oxygen atoms in total. The van der Waals surface area contributed by atoms with Crippen LogP contribution in [0.3, 0.4) is 0 Å². The zero-order chi connectivity index (χ0) is 15.2. The molecule has 0 aliphatic carbocycles. The summed E-state index contributed by atoms with van der Waals surface area (Å²) in [5, 5.41) is 3.37. The predicted molar refractivity (Wildman–Crippen MR) is 82.3 cm³/mol. The molecule has 2 aromatic rings. The van der Waals surface area contributed by atoms with Crippen LogP contribution in [0.1, 0.15) is 43.0 Å². The summed E-state index contributed by atoms with van der Waals surface area (Å²) in [4.78, 5) is 0. The summed E-state index contributed by atoms with van der Waals surface area (Å²) in [5.74, 6) is -1.08. The van der Waals surface area contributed by atoms with Gasteiger partial charge in [0.05, 0.1) is 6.04 Å². The first-order valence-corrected chi connectivity index (χ1v) is 7.42. The zero-order valence-corrected chi connectivity index (χ0v) is 12.5. The number of nitrogens with one attached hydrogen (secondary N) is 1. The topological polar surface area (TPSA) is 12.0 Å². The van der Waals surface area contributed by atoms with Crippen molar-refractivity contribution in [1.82, 2.24) is 5.32 Å². The van der Waals surface area contributed by atoms with E-state index in [4.69, 9.17) is 0 Å². The maximum atomic E-state index is 13.5. The summed E-state index contributed by atoms with van der Waals surface area (Å²) in [6.45, 7) is 4.95. The van der Waals surface area contributed by atoms with Crippen LogP contribution in [0.5, 0.6) is 0 Å². The summed E-state index contributed by atoms with van der Waals surface area (Å²) in [5.41, 5.74) is 2.87. The average Bonchev–Trinajstić information content (AvgIpc) is 2.47. The molecule has 0 aliphatic heterocycles. The molecule has 0 radical (unpaired) electrons. The first-order valence-electron chi connectivity index (χ1n) is 7.42. The number of rotatable bonds is 6. The molecule has 0 bridgehead atoms. The fourth-order valence-corrected chi connectivity index (χ4v) is 2.45. The molecule has 2 rings (SSSR count). The third kappa shape index (κ3) is 4.11. The van der Waals surface area contributed by atoms with Gasteiger partial charge in [-0.15, -0.1) is 0 Å². The highest BCUT2D eigenvalue weighted by molar-refractivity contribution is 5.35. The predicted octanol–water partition coefficient (Wildman–Crippen LogP) is 4.62. The van der Waals surface area contributed by atoms with Gasteiger partial charge in [0.15, 0.2) is 0 Å². The Morgan fingerprint density at radius 3 is 2.29 bits per heavy atom. The smallest absolute Gasteiger partial charge is 0.126 e. The third-order valence-electron chi connectivity index (χ3n) is 3.51. The number of hydrogen-bond donors (Lipinski definition) is 1. The van der Waals surface area contributed by atoms with Gasteiger partial charge in [0.25, 0.3) is 0 Å². The fourth-order valence-electron chi connectivity index (χ4n) is 2.45. The fraction of sp³-hybridized carbons (Fsp3) is 0.333. The van der Waals surface area contributed by atoms with Crippen molar-refractivity contribution < 1.29 is 8.78 Å². The molecular formula is C18H21F2N. The van der Waals surface area contributed by atoms with Gasteiger partial charge in [-0.3, -0.25) is 0 Å². The van der Waals surface area contributed by atoms with E-state index in [1.165, 1.54) is 17.7 Å². The van der Waals surface area contributed by atoms with Crippen LogP contribution in [0.15, 0.2) is 42.5 Å². The first-order chi connectivity index (χ1) is 10.1. The summed E-state index contributed by atoms with van der Waals surface area (Å²) in [6, 6.07) is 11.6. The SMILES string of the molecule is CCCNC(c1cc(F)cc(F)c1)c1cccc(CC)c1. The third-order valence-corrected chi connectivity index (χ3v) is 3.51. The normalized spacial score (nSPS) is 12.4. The van der Waals surface area contributed by atoms with Crippen molar-refractivity contribution in [1.29, 1.82) is 0 Å². The van der Waals surface area contributed by atoms with E-state index in [1.54, 1.807) is 0 Å². The second-order valence-corrected chi connectivity index (χ2v) is 5.19. The molecule has 1 atom stereocenters. The van der Waals surface area contributed by atoms with Crippen LogP contribution in [-0.2, 0) is 6.42 Å². The quantitative estimate of drug-likeness (QED) is 0.818. The van der Waals surface area contributed by atoms with Crippen molar-refractivity contribution in [3.8, 4) is 0 Å². The number of hydrogen-bond acceptors (Lipinski definition) is 1. The Bertz CT molecular complexity index is 575. The van der Waals surface area contributed by atoms with Gasteiger partial charge in [-0.1, -0.05) is 38.1 Å². The van der Waals surface area contributed by atoms with Crippen molar-refractivity contribution >= 4 is 0 Å². The van der Waals surface area contributed by atoms with Gasteiger partial charge >= 0.3 is 0 Å². The lowest BCUT2D eigenvalue weighted by molar-refractivity contribution is 0.558. The maximum absolute atomic E-state index is 13.5. The minimum atomic E-state index is -0.542. The van der Waals surface area contributed by atoms with Crippen LogP contribution >= 0.6 is 0 Å². The van der Waals surface area contributed by atoms with Gasteiger partial charge < -0.3 is 5.32 Å². The van der Waals surface area contributed by atoms with Gasteiger partial charge in [0.2, 0.25) is 0 Å². The Balaban J connectivity index is 2.41. The summed E-state index contributed by atoms with van der Waals surface area (Å²) >= 11 is 0. The van der Waals surface area contributed by atoms with E-state index in [9.17, 15) is 8.78 Å². The molecule has 0 spiro atoms. The van der Waals surface area contributed by atoms with Crippen molar-refractivity contribution in [2.75, 3.05) is 6.54 Å². The summed E-state index contributed by atoms with van der Waals surface area (Å²) in [7, 11) is 0. The van der Waals surface area contributed by atoms with E-state index < -0.39 is 11.6 Å². The van der Waals surface area contributed by atoms with Crippen molar-refractivity contribution in [2.24, 2.45) is 0 Å². The molecule has 0 aliphatic rings. The maximum Gasteiger partial charge on any atom is 0.126 e. The molecule has 0 amide bonds. The lowest BCUT2D eigenvalue weighted by Gasteiger charge is -2.20. The number of benzene rings is 2. The Labute approximate surface area is 125 Å². The lowest BCUT2D eigenvalue weighted by Crippen LogP contribution is -2.23. The second-order valence-electron chi connectivity index (χ2n) is 5.19. The molecule has 0 heterocycles. The molecule has 1 N–H and O–H groups in total.